The van der Waals surface area contributed by atoms with E-state index < -0.39 is 0 Å². The van der Waals surface area contributed by atoms with Crippen LogP contribution in [0.1, 0.15) is 13.3 Å². The molecule has 1 nitrogen and oxygen atoms in total. The third-order valence-corrected chi connectivity index (χ3v) is 3.57. The van der Waals surface area contributed by atoms with Crippen molar-refractivity contribution >= 4 is 23.4 Å². The van der Waals surface area contributed by atoms with E-state index in [1.807, 2.05) is 32.2 Å². The topological polar surface area (TPSA) is 12.0 Å². The summed E-state index contributed by atoms with van der Waals surface area (Å²) in [4.78, 5) is 1.21. The van der Waals surface area contributed by atoms with Crippen molar-refractivity contribution in [3.05, 3.63) is 29.3 Å². The first-order valence-electron chi connectivity index (χ1n) is 5.21. The Hall–Kier alpha value is -0.620. The molecular weight excluding hydrogens is 238 g/mol. The fourth-order valence-electron chi connectivity index (χ4n) is 1.22. The lowest BCUT2D eigenvalue weighted by atomic mass is 10.2. The SMILES string of the molecule is CC#CCC(CSc1cccc(Cl)c1)NC. The van der Waals surface area contributed by atoms with Gasteiger partial charge in [0.1, 0.15) is 0 Å². The fourth-order valence-corrected chi connectivity index (χ4v) is 2.54. The Balaban J connectivity index is 2.45. The number of hydrogen-bond donors (Lipinski definition) is 1. The van der Waals surface area contributed by atoms with Gasteiger partial charge in [0.2, 0.25) is 0 Å². The molecular formula is C13H16ClNS. The van der Waals surface area contributed by atoms with Crippen molar-refractivity contribution in [1.82, 2.24) is 5.32 Å². The average Bonchev–Trinajstić information content (AvgIpc) is 2.29. The Labute approximate surface area is 107 Å². The van der Waals surface area contributed by atoms with E-state index in [1.165, 1.54) is 4.90 Å². The number of halogens is 1. The molecule has 16 heavy (non-hydrogen) atoms. The van der Waals surface area contributed by atoms with E-state index in [4.69, 9.17) is 11.6 Å². The largest absolute Gasteiger partial charge is 0.315 e. The molecule has 3 heteroatoms. The molecule has 1 unspecified atom stereocenters. The molecule has 0 saturated heterocycles. The Kier molecular flexibility index (Phi) is 6.40. The van der Waals surface area contributed by atoms with Crippen molar-refractivity contribution in [3.8, 4) is 11.8 Å². The summed E-state index contributed by atoms with van der Waals surface area (Å²) in [5, 5.41) is 4.06. The number of benzene rings is 1. The molecule has 0 saturated carbocycles. The molecule has 0 aliphatic carbocycles. The van der Waals surface area contributed by atoms with Crippen LogP contribution in [-0.4, -0.2) is 18.8 Å². The van der Waals surface area contributed by atoms with Gasteiger partial charge in [-0.15, -0.1) is 23.6 Å². The van der Waals surface area contributed by atoms with Crippen molar-refractivity contribution in [2.24, 2.45) is 0 Å². The quantitative estimate of drug-likeness (QED) is 0.637. The van der Waals surface area contributed by atoms with Gasteiger partial charge in [0.25, 0.3) is 0 Å². The summed E-state index contributed by atoms with van der Waals surface area (Å²) in [5.41, 5.74) is 0. The summed E-state index contributed by atoms with van der Waals surface area (Å²) in [7, 11) is 1.97. The smallest absolute Gasteiger partial charge is 0.0417 e. The van der Waals surface area contributed by atoms with Gasteiger partial charge in [-0.2, -0.15) is 0 Å². The highest BCUT2D eigenvalue weighted by molar-refractivity contribution is 7.99. The predicted octanol–water partition coefficient (Wildman–Crippen LogP) is 3.43. The Bertz CT molecular complexity index is 381. The monoisotopic (exact) mass is 253 g/mol. The minimum absolute atomic E-state index is 0.427. The minimum atomic E-state index is 0.427. The summed E-state index contributed by atoms with van der Waals surface area (Å²) in [6.07, 6.45) is 0.889. The summed E-state index contributed by atoms with van der Waals surface area (Å²) >= 11 is 7.73. The highest BCUT2D eigenvalue weighted by atomic mass is 35.5. The van der Waals surface area contributed by atoms with Crippen LogP contribution >= 0.6 is 23.4 Å². The minimum Gasteiger partial charge on any atom is -0.315 e. The third-order valence-electron chi connectivity index (χ3n) is 2.18. The first-order chi connectivity index (χ1) is 7.76. The van der Waals surface area contributed by atoms with Crippen molar-refractivity contribution in [3.63, 3.8) is 0 Å². The van der Waals surface area contributed by atoms with E-state index in [9.17, 15) is 0 Å². The maximum atomic E-state index is 5.93. The van der Waals surface area contributed by atoms with E-state index in [-0.39, 0.29) is 0 Å². The van der Waals surface area contributed by atoms with E-state index >= 15 is 0 Å². The highest BCUT2D eigenvalue weighted by Gasteiger charge is 2.05. The highest BCUT2D eigenvalue weighted by Crippen LogP contribution is 2.22. The van der Waals surface area contributed by atoms with Crippen molar-refractivity contribution in [1.29, 1.82) is 0 Å². The zero-order valence-corrected chi connectivity index (χ0v) is 11.2. The van der Waals surface area contributed by atoms with Gasteiger partial charge < -0.3 is 5.32 Å². The van der Waals surface area contributed by atoms with Crippen molar-refractivity contribution in [2.75, 3.05) is 12.8 Å². The van der Waals surface area contributed by atoms with Crippen molar-refractivity contribution in [2.45, 2.75) is 24.3 Å². The lowest BCUT2D eigenvalue weighted by Gasteiger charge is -2.12. The summed E-state index contributed by atoms with van der Waals surface area (Å²) in [6, 6.07) is 8.37. The molecule has 0 aromatic heterocycles. The molecule has 0 amide bonds. The van der Waals surface area contributed by atoms with Gasteiger partial charge in [-0.1, -0.05) is 17.7 Å². The summed E-state index contributed by atoms with van der Waals surface area (Å²) in [6.45, 7) is 1.87. The van der Waals surface area contributed by atoms with Gasteiger partial charge in [-0.05, 0) is 32.2 Å². The molecule has 0 radical (unpaired) electrons. The third kappa shape index (κ3) is 4.94. The number of hydrogen-bond acceptors (Lipinski definition) is 2. The predicted molar refractivity (Wildman–Crippen MR) is 73.1 cm³/mol. The lowest BCUT2D eigenvalue weighted by molar-refractivity contribution is 0.637. The van der Waals surface area contributed by atoms with E-state index in [0.29, 0.717) is 6.04 Å². The van der Waals surface area contributed by atoms with Crippen LogP contribution in [0.25, 0.3) is 0 Å². The summed E-state index contributed by atoms with van der Waals surface area (Å²) < 4.78 is 0. The van der Waals surface area contributed by atoms with Crippen LogP contribution in [0.5, 0.6) is 0 Å². The van der Waals surface area contributed by atoms with Gasteiger partial charge in [-0.25, -0.2) is 0 Å². The first kappa shape index (κ1) is 13.4. The summed E-state index contributed by atoms with van der Waals surface area (Å²) in [5.74, 6) is 7.02. The van der Waals surface area contributed by atoms with Gasteiger partial charge >= 0.3 is 0 Å². The number of nitrogens with one attached hydrogen (secondary N) is 1. The average molecular weight is 254 g/mol. The molecule has 0 heterocycles. The molecule has 86 valence electrons. The maximum absolute atomic E-state index is 5.93. The standard InChI is InChI=1S/C13H16ClNS/c1-3-4-7-12(15-2)10-16-13-8-5-6-11(14)9-13/h5-6,8-9,12,15H,7,10H2,1-2H3. The van der Waals surface area contributed by atoms with Crippen LogP contribution in [0.15, 0.2) is 29.2 Å². The van der Waals surface area contributed by atoms with Gasteiger partial charge in [0.05, 0.1) is 0 Å². The zero-order chi connectivity index (χ0) is 11.8. The van der Waals surface area contributed by atoms with E-state index in [2.05, 4.69) is 23.2 Å². The van der Waals surface area contributed by atoms with Crippen LogP contribution in [0.3, 0.4) is 0 Å². The first-order valence-corrected chi connectivity index (χ1v) is 6.58. The van der Waals surface area contributed by atoms with Gasteiger partial charge in [0.15, 0.2) is 0 Å². The van der Waals surface area contributed by atoms with E-state index in [1.54, 1.807) is 11.8 Å². The normalized spacial score (nSPS) is 11.7. The van der Waals surface area contributed by atoms with E-state index in [0.717, 1.165) is 17.2 Å². The Morgan fingerprint density at radius 2 is 2.31 bits per heavy atom. The second kappa shape index (κ2) is 7.62. The molecule has 1 aromatic carbocycles. The molecule has 0 bridgehead atoms. The van der Waals surface area contributed by atoms with Gasteiger partial charge in [0, 0.05) is 28.1 Å². The molecule has 0 fully saturated rings. The molecule has 0 aliphatic heterocycles. The van der Waals surface area contributed by atoms with Crippen LogP contribution < -0.4 is 5.32 Å². The van der Waals surface area contributed by atoms with Crippen LogP contribution in [0, 0.1) is 11.8 Å². The second-order valence-electron chi connectivity index (χ2n) is 3.38. The fraction of sp³-hybridized carbons (Fsp3) is 0.385. The van der Waals surface area contributed by atoms with Crippen LogP contribution in [0.2, 0.25) is 5.02 Å². The maximum Gasteiger partial charge on any atom is 0.0417 e. The molecule has 0 spiro atoms. The molecule has 1 aromatic rings. The van der Waals surface area contributed by atoms with Gasteiger partial charge in [-0.3, -0.25) is 0 Å². The second-order valence-corrected chi connectivity index (χ2v) is 4.91. The van der Waals surface area contributed by atoms with Crippen LogP contribution in [-0.2, 0) is 0 Å². The van der Waals surface area contributed by atoms with Crippen LogP contribution in [0.4, 0.5) is 0 Å². The molecule has 1 rings (SSSR count). The lowest BCUT2D eigenvalue weighted by Crippen LogP contribution is -2.27. The molecule has 1 N–H and O–H groups in total. The molecule has 0 aliphatic rings. The Morgan fingerprint density at radius 1 is 1.50 bits per heavy atom. The zero-order valence-electron chi connectivity index (χ0n) is 9.59. The molecule has 1 atom stereocenters. The van der Waals surface area contributed by atoms with Crippen molar-refractivity contribution < 1.29 is 0 Å². The Morgan fingerprint density at radius 3 is 2.94 bits per heavy atom. The number of thioether (sulfide) groups is 1. The number of rotatable bonds is 5.